The highest BCUT2D eigenvalue weighted by atomic mass is 79.9. The Kier molecular flexibility index (Phi) is 6.32. The van der Waals surface area contributed by atoms with E-state index in [1.807, 2.05) is 20.8 Å². The largest absolute Gasteiger partial charge is 0.450 e. The molecule has 0 saturated carbocycles. The molecule has 0 radical (unpaired) electrons. The molecule has 2 aliphatic heterocycles. The fourth-order valence-electron chi connectivity index (χ4n) is 3.68. The van der Waals surface area contributed by atoms with Crippen LogP contribution in [0.25, 0.3) is 0 Å². The van der Waals surface area contributed by atoms with Crippen molar-refractivity contribution in [1.82, 2.24) is 15.1 Å². The Balaban J connectivity index is 2.30. The third kappa shape index (κ3) is 3.61. The molecular weight excluding hydrogens is 374 g/mol. The van der Waals surface area contributed by atoms with Crippen molar-refractivity contribution in [3.8, 4) is 0 Å². The normalized spacial score (nSPS) is 27.1. The Labute approximate surface area is 152 Å². The molecule has 24 heavy (non-hydrogen) atoms. The van der Waals surface area contributed by atoms with Gasteiger partial charge in [-0.3, -0.25) is 4.79 Å². The number of rotatable bonds is 3. The lowest BCUT2D eigenvalue weighted by atomic mass is 9.89. The number of fused-ring (bicyclic) bond motifs is 1. The number of halogens is 1. The zero-order valence-electron chi connectivity index (χ0n) is 14.8. The third-order valence-corrected chi connectivity index (χ3v) is 5.07. The van der Waals surface area contributed by atoms with Crippen molar-refractivity contribution in [3.63, 3.8) is 0 Å². The van der Waals surface area contributed by atoms with Crippen LogP contribution < -0.4 is 5.32 Å². The second-order valence-electron chi connectivity index (χ2n) is 6.03. The van der Waals surface area contributed by atoms with E-state index in [0.717, 1.165) is 16.6 Å². The average Bonchev–Trinajstić information content (AvgIpc) is 2.87. The number of carbonyl (C=O) groups excluding carboxylic acids is 2. The van der Waals surface area contributed by atoms with Crippen molar-refractivity contribution in [2.75, 3.05) is 33.3 Å². The van der Waals surface area contributed by atoms with E-state index < -0.39 is 0 Å². The first-order chi connectivity index (χ1) is 11.4. The minimum atomic E-state index is -0.253. The maximum Gasteiger partial charge on any atom is 0.409 e. The summed E-state index contributed by atoms with van der Waals surface area (Å²) in [6, 6.07) is 0.224. The van der Waals surface area contributed by atoms with Crippen LogP contribution in [0, 0.1) is 5.92 Å². The number of ether oxygens (including phenoxy) is 1. The van der Waals surface area contributed by atoms with Crippen LogP contribution in [0.4, 0.5) is 4.79 Å². The quantitative estimate of drug-likeness (QED) is 0.791. The summed E-state index contributed by atoms with van der Waals surface area (Å²) in [6.07, 6.45) is 2.66. The van der Waals surface area contributed by atoms with E-state index in [9.17, 15) is 9.59 Å². The van der Waals surface area contributed by atoms with Gasteiger partial charge in [0.2, 0.25) is 5.91 Å². The lowest BCUT2D eigenvalue weighted by Crippen LogP contribution is -2.49. The summed E-state index contributed by atoms with van der Waals surface area (Å²) in [5.41, 5.74) is 2.26. The number of carbonyl (C=O) groups is 2. The fourth-order valence-corrected chi connectivity index (χ4v) is 4.14. The summed E-state index contributed by atoms with van der Waals surface area (Å²) in [5, 5.41) is 2.70. The molecule has 2 amide bonds. The highest BCUT2D eigenvalue weighted by Gasteiger charge is 2.45. The van der Waals surface area contributed by atoms with Crippen molar-refractivity contribution in [2.45, 2.75) is 33.2 Å². The van der Waals surface area contributed by atoms with Crippen LogP contribution in [0.15, 0.2) is 21.8 Å². The number of amides is 2. The van der Waals surface area contributed by atoms with Crippen molar-refractivity contribution in [2.24, 2.45) is 5.92 Å². The van der Waals surface area contributed by atoms with Gasteiger partial charge >= 0.3 is 6.09 Å². The lowest BCUT2D eigenvalue weighted by molar-refractivity contribution is -0.121. The molecule has 0 aliphatic carbocycles. The van der Waals surface area contributed by atoms with Crippen molar-refractivity contribution in [3.05, 3.63) is 21.8 Å². The maximum absolute atomic E-state index is 12.1. The predicted molar refractivity (Wildman–Crippen MR) is 96.6 cm³/mol. The van der Waals surface area contributed by atoms with E-state index in [1.54, 1.807) is 11.9 Å². The summed E-state index contributed by atoms with van der Waals surface area (Å²) in [7, 11) is 1.65. The topological polar surface area (TPSA) is 61.9 Å². The molecule has 0 unspecified atom stereocenters. The van der Waals surface area contributed by atoms with E-state index >= 15 is 0 Å². The fraction of sp³-hybridized carbons (Fsp3) is 0.647. The minimum Gasteiger partial charge on any atom is -0.450 e. The number of nitrogens with one attached hydrogen (secondary N) is 1. The number of likely N-dealkylation sites (tertiary alicyclic amines) is 2. The van der Waals surface area contributed by atoms with Crippen molar-refractivity contribution in [1.29, 1.82) is 0 Å². The second kappa shape index (κ2) is 8.05. The number of allylic oxidation sites excluding steroid dienone is 3. The summed E-state index contributed by atoms with van der Waals surface area (Å²) in [4.78, 5) is 28.0. The van der Waals surface area contributed by atoms with E-state index in [4.69, 9.17) is 4.74 Å². The molecule has 2 saturated heterocycles. The molecule has 2 aliphatic rings. The van der Waals surface area contributed by atoms with Gasteiger partial charge in [0.15, 0.2) is 0 Å². The first kappa shape index (κ1) is 18.8. The monoisotopic (exact) mass is 399 g/mol. The van der Waals surface area contributed by atoms with Gasteiger partial charge in [-0.15, -0.1) is 0 Å². The predicted octanol–water partition coefficient (Wildman–Crippen LogP) is 2.47. The maximum atomic E-state index is 12.1. The molecule has 6 nitrogen and oxygen atoms in total. The van der Waals surface area contributed by atoms with Gasteiger partial charge < -0.3 is 19.9 Å². The van der Waals surface area contributed by atoms with Gasteiger partial charge in [0, 0.05) is 36.6 Å². The number of piperidine rings is 1. The van der Waals surface area contributed by atoms with E-state index in [-0.39, 0.29) is 24.0 Å². The molecule has 0 spiro atoms. The van der Waals surface area contributed by atoms with Crippen LogP contribution in [0.5, 0.6) is 0 Å². The molecule has 2 atom stereocenters. The molecule has 1 N–H and O–H groups in total. The smallest absolute Gasteiger partial charge is 0.409 e. The summed E-state index contributed by atoms with van der Waals surface area (Å²) in [6.45, 7) is 7.80. The average molecular weight is 400 g/mol. The molecule has 2 heterocycles. The molecule has 0 bridgehead atoms. The Morgan fingerprint density at radius 3 is 2.71 bits per heavy atom. The van der Waals surface area contributed by atoms with Gasteiger partial charge in [0.25, 0.3) is 0 Å². The molecule has 2 rings (SSSR count). The second-order valence-corrected chi connectivity index (χ2v) is 7.22. The lowest BCUT2D eigenvalue weighted by Gasteiger charge is -2.37. The number of hydrogen-bond acceptors (Lipinski definition) is 4. The zero-order chi connectivity index (χ0) is 17.9. The molecule has 134 valence electrons. The molecule has 0 aromatic carbocycles. The van der Waals surface area contributed by atoms with Crippen LogP contribution in [-0.2, 0) is 9.53 Å². The summed E-state index contributed by atoms with van der Waals surface area (Å²) >= 11 is 3.60. The van der Waals surface area contributed by atoms with Crippen LogP contribution in [0.1, 0.15) is 27.2 Å². The van der Waals surface area contributed by atoms with Crippen molar-refractivity contribution >= 4 is 27.9 Å². The zero-order valence-corrected chi connectivity index (χ0v) is 16.4. The van der Waals surface area contributed by atoms with Gasteiger partial charge in [0.05, 0.1) is 18.8 Å². The van der Waals surface area contributed by atoms with Gasteiger partial charge in [-0.1, -0.05) is 22.0 Å². The van der Waals surface area contributed by atoms with E-state index in [2.05, 4.69) is 32.2 Å². The van der Waals surface area contributed by atoms with Crippen LogP contribution in [-0.4, -0.2) is 61.1 Å². The van der Waals surface area contributed by atoms with Gasteiger partial charge in [-0.05, 0) is 32.8 Å². The van der Waals surface area contributed by atoms with E-state index in [0.29, 0.717) is 26.2 Å². The first-order valence-electron chi connectivity index (χ1n) is 8.36. The molecule has 7 heteroatoms. The third-order valence-electron chi connectivity index (χ3n) is 4.69. The Morgan fingerprint density at radius 1 is 1.46 bits per heavy atom. The summed E-state index contributed by atoms with van der Waals surface area (Å²) in [5.74, 6) is 0.186. The molecule has 0 aromatic rings. The van der Waals surface area contributed by atoms with Gasteiger partial charge in [0.1, 0.15) is 0 Å². The van der Waals surface area contributed by atoms with Crippen LogP contribution >= 0.6 is 15.9 Å². The summed E-state index contributed by atoms with van der Waals surface area (Å²) < 4.78 is 6.16. The SMILES string of the molecule is C/C=C1\C(=C(/C)Br)N(CC(=O)NC)[C@H]2CCN(C(=O)OCC)C[C@@H]12. The minimum absolute atomic E-state index is 0.00910. The Morgan fingerprint density at radius 2 is 2.17 bits per heavy atom. The van der Waals surface area contributed by atoms with Gasteiger partial charge in [-0.2, -0.15) is 0 Å². The first-order valence-corrected chi connectivity index (χ1v) is 9.15. The highest BCUT2D eigenvalue weighted by Crippen LogP contribution is 2.44. The van der Waals surface area contributed by atoms with E-state index in [1.165, 1.54) is 5.57 Å². The standard InChI is InChI=1S/C17H26BrN3O3/c1-5-12-13-9-20(17(23)24-6-2)8-7-14(13)21(10-15(22)19-4)16(12)11(3)18/h5,13-14H,6-10H2,1-4H3,(H,19,22)/b12-5-,16-11-/t13-,14-/m0/s1. The number of hydrogen-bond donors (Lipinski definition) is 1. The number of nitrogens with zero attached hydrogens (tertiary/aromatic N) is 2. The molecule has 0 aromatic heterocycles. The molecular formula is C17H26BrN3O3. The van der Waals surface area contributed by atoms with Crippen LogP contribution in [0.2, 0.25) is 0 Å². The number of likely N-dealkylation sites (N-methyl/N-ethyl adjacent to an activating group) is 1. The highest BCUT2D eigenvalue weighted by molar-refractivity contribution is 9.11. The Bertz CT molecular complexity index is 569. The molecule has 2 fully saturated rings. The van der Waals surface area contributed by atoms with Crippen LogP contribution in [0.3, 0.4) is 0 Å². The van der Waals surface area contributed by atoms with Gasteiger partial charge in [-0.25, -0.2) is 4.79 Å². The van der Waals surface area contributed by atoms with Crippen molar-refractivity contribution < 1.29 is 14.3 Å². The Hall–Kier alpha value is -1.50.